The molecule has 0 unspecified atom stereocenters. The minimum Gasteiger partial charge on any atom is -0.353 e. The minimum absolute atomic E-state index is 0.397. The Kier molecular flexibility index (Phi) is 3.18. The van der Waals surface area contributed by atoms with Crippen LogP contribution in [0, 0.1) is 5.82 Å². The zero-order valence-electron chi connectivity index (χ0n) is 7.74. The number of hydrogen-bond acceptors (Lipinski definition) is 4. The lowest BCUT2D eigenvalue weighted by molar-refractivity contribution is 0.614. The first-order valence-corrected chi connectivity index (χ1v) is 5.72. The molecule has 0 aromatic carbocycles. The number of thioether (sulfide) groups is 1. The summed E-state index contributed by atoms with van der Waals surface area (Å²) in [5.41, 5.74) is 0. The van der Waals surface area contributed by atoms with E-state index in [1.165, 1.54) is 31.0 Å². The van der Waals surface area contributed by atoms with E-state index in [2.05, 4.69) is 15.3 Å². The van der Waals surface area contributed by atoms with Crippen molar-refractivity contribution in [2.24, 2.45) is 0 Å². The van der Waals surface area contributed by atoms with Gasteiger partial charge in [0, 0.05) is 11.8 Å². The van der Waals surface area contributed by atoms with Crippen molar-refractivity contribution in [1.29, 1.82) is 0 Å². The molecule has 0 bridgehead atoms. The van der Waals surface area contributed by atoms with Gasteiger partial charge in [-0.1, -0.05) is 0 Å². The summed E-state index contributed by atoms with van der Waals surface area (Å²) < 4.78 is 12.5. The third kappa shape index (κ3) is 2.57. The van der Waals surface area contributed by atoms with Gasteiger partial charge in [-0.05, 0) is 18.6 Å². The Balaban J connectivity index is 1.82. The van der Waals surface area contributed by atoms with Gasteiger partial charge in [-0.3, -0.25) is 0 Å². The molecule has 2 heterocycles. The molecule has 0 amide bonds. The van der Waals surface area contributed by atoms with Crippen LogP contribution in [0.5, 0.6) is 0 Å². The van der Waals surface area contributed by atoms with E-state index in [0.717, 1.165) is 6.54 Å². The van der Waals surface area contributed by atoms with Crippen LogP contribution in [0.3, 0.4) is 0 Å². The van der Waals surface area contributed by atoms with Crippen molar-refractivity contribution in [2.75, 3.05) is 17.6 Å². The highest BCUT2D eigenvalue weighted by Gasteiger charge is 2.15. The van der Waals surface area contributed by atoms with Crippen LogP contribution in [0.1, 0.15) is 12.8 Å². The van der Waals surface area contributed by atoms with Crippen molar-refractivity contribution in [3.8, 4) is 0 Å². The van der Waals surface area contributed by atoms with Gasteiger partial charge in [0.05, 0.1) is 12.4 Å². The SMILES string of the molecule is Fc1cnc(NC[C@@H]2CCCS2)nc1. The predicted molar refractivity (Wildman–Crippen MR) is 56.0 cm³/mol. The standard InChI is InChI=1S/C9H12FN3S/c10-7-4-11-9(12-5-7)13-6-8-2-1-3-14-8/h4-5,8H,1-3,6H2,(H,11,12,13)/t8-/m0/s1. The number of anilines is 1. The quantitative estimate of drug-likeness (QED) is 0.832. The molecular weight excluding hydrogens is 201 g/mol. The second-order valence-corrected chi connectivity index (χ2v) is 4.65. The molecule has 0 spiro atoms. The van der Waals surface area contributed by atoms with Crippen LogP contribution in [0.25, 0.3) is 0 Å². The molecule has 2 rings (SSSR count). The summed E-state index contributed by atoms with van der Waals surface area (Å²) in [7, 11) is 0. The second kappa shape index (κ2) is 4.59. The van der Waals surface area contributed by atoms with E-state index < -0.39 is 5.82 Å². The average molecular weight is 213 g/mol. The summed E-state index contributed by atoms with van der Waals surface area (Å²) in [6.07, 6.45) is 4.90. The molecule has 1 N–H and O–H groups in total. The average Bonchev–Trinajstić information content (AvgIpc) is 2.70. The Bertz CT molecular complexity index is 285. The number of hydrogen-bond donors (Lipinski definition) is 1. The van der Waals surface area contributed by atoms with Crippen LogP contribution in [0.4, 0.5) is 10.3 Å². The molecular formula is C9H12FN3S. The molecule has 0 saturated carbocycles. The number of nitrogens with zero attached hydrogens (tertiary/aromatic N) is 2. The first kappa shape index (κ1) is 9.71. The lowest BCUT2D eigenvalue weighted by Crippen LogP contribution is -2.15. The van der Waals surface area contributed by atoms with Crippen LogP contribution in [-0.4, -0.2) is 27.5 Å². The van der Waals surface area contributed by atoms with Gasteiger partial charge in [-0.2, -0.15) is 11.8 Å². The molecule has 1 aromatic heterocycles. The highest BCUT2D eigenvalue weighted by molar-refractivity contribution is 8.00. The molecule has 0 radical (unpaired) electrons. The van der Waals surface area contributed by atoms with Gasteiger partial charge in [0.15, 0.2) is 5.82 Å². The first-order valence-electron chi connectivity index (χ1n) is 4.67. The van der Waals surface area contributed by atoms with Gasteiger partial charge < -0.3 is 5.32 Å². The minimum atomic E-state index is -0.397. The molecule has 14 heavy (non-hydrogen) atoms. The Morgan fingerprint density at radius 2 is 2.29 bits per heavy atom. The highest BCUT2D eigenvalue weighted by Crippen LogP contribution is 2.25. The Morgan fingerprint density at radius 3 is 2.93 bits per heavy atom. The molecule has 3 nitrogen and oxygen atoms in total. The lowest BCUT2D eigenvalue weighted by Gasteiger charge is -2.09. The van der Waals surface area contributed by atoms with E-state index in [1.807, 2.05) is 11.8 Å². The monoisotopic (exact) mass is 213 g/mol. The van der Waals surface area contributed by atoms with Crippen molar-refractivity contribution in [3.05, 3.63) is 18.2 Å². The molecule has 76 valence electrons. The summed E-state index contributed by atoms with van der Waals surface area (Å²) >= 11 is 1.97. The smallest absolute Gasteiger partial charge is 0.222 e. The topological polar surface area (TPSA) is 37.8 Å². The van der Waals surface area contributed by atoms with E-state index in [4.69, 9.17) is 0 Å². The van der Waals surface area contributed by atoms with Crippen LogP contribution in [0.2, 0.25) is 0 Å². The fourth-order valence-corrected chi connectivity index (χ4v) is 2.62. The predicted octanol–water partition coefficient (Wildman–Crippen LogP) is 1.92. The molecule has 1 saturated heterocycles. The largest absolute Gasteiger partial charge is 0.353 e. The second-order valence-electron chi connectivity index (χ2n) is 3.24. The van der Waals surface area contributed by atoms with Gasteiger partial charge in [0.25, 0.3) is 0 Å². The van der Waals surface area contributed by atoms with Gasteiger partial charge in [-0.25, -0.2) is 14.4 Å². The van der Waals surface area contributed by atoms with Crippen molar-refractivity contribution < 1.29 is 4.39 Å². The van der Waals surface area contributed by atoms with E-state index in [9.17, 15) is 4.39 Å². The van der Waals surface area contributed by atoms with Gasteiger partial charge in [0.1, 0.15) is 0 Å². The van der Waals surface area contributed by atoms with Crippen molar-refractivity contribution >= 4 is 17.7 Å². The fourth-order valence-electron chi connectivity index (χ4n) is 1.41. The molecule has 1 aromatic rings. The zero-order valence-corrected chi connectivity index (χ0v) is 8.56. The summed E-state index contributed by atoms with van der Waals surface area (Å²) in [6, 6.07) is 0. The van der Waals surface area contributed by atoms with Gasteiger partial charge in [0.2, 0.25) is 5.95 Å². The fraction of sp³-hybridized carbons (Fsp3) is 0.556. The van der Waals surface area contributed by atoms with Crippen molar-refractivity contribution in [3.63, 3.8) is 0 Å². The molecule has 5 heteroatoms. The third-order valence-corrected chi connectivity index (χ3v) is 3.53. The van der Waals surface area contributed by atoms with Crippen LogP contribution in [0.15, 0.2) is 12.4 Å². The Labute approximate surface area is 86.5 Å². The van der Waals surface area contributed by atoms with Crippen LogP contribution >= 0.6 is 11.8 Å². The number of rotatable bonds is 3. The highest BCUT2D eigenvalue weighted by atomic mass is 32.2. The zero-order chi connectivity index (χ0) is 9.80. The van der Waals surface area contributed by atoms with E-state index >= 15 is 0 Å². The third-order valence-electron chi connectivity index (χ3n) is 2.13. The van der Waals surface area contributed by atoms with E-state index in [1.54, 1.807) is 0 Å². The van der Waals surface area contributed by atoms with Crippen LogP contribution in [-0.2, 0) is 0 Å². The van der Waals surface area contributed by atoms with Gasteiger partial charge >= 0.3 is 0 Å². The normalized spacial score (nSPS) is 21.1. The molecule has 0 aliphatic carbocycles. The summed E-state index contributed by atoms with van der Waals surface area (Å²) in [5, 5.41) is 3.76. The van der Waals surface area contributed by atoms with Crippen molar-refractivity contribution in [2.45, 2.75) is 18.1 Å². The van der Waals surface area contributed by atoms with Crippen molar-refractivity contribution in [1.82, 2.24) is 9.97 Å². The lowest BCUT2D eigenvalue weighted by atomic mass is 10.2. The molecule has 1 atom stereocenters. The Morgan fingerprint density at radius 1 is 1.50 bits per heavy atom. The van der Waals surface area contributed by atoms with E-state index in [-0.39, 0.29) is 0 Å². The summed E-state index contributed by atoms with van der Waals surface area (Å²) in [5.74, 6) is 1.36. The molecule has 1 aliphatic heterocycles. The number of aromatic nitrogens is 2. The first-order chi connectivity index (χ1) is 6.84. The maximum Gasteiger partial charge on any atom is 0.222 e. The molecule has 1 fully saturated rings. The van der Waals surface area contributed by atoms with Gasteiger partial charge in [-0.15, -0.1) is 0 Å². The number of nitrogens with one attached hydrogen (secondary N) is 1. The number of halogens is 1. The maximum absolute atomic E-state index is 12.5. The summed E-state index contributed by atoms with van der Waals surface area (Å²) in [4.78, 5) is 7.67. The maximum atomic E-state index is 12.5. The van der Waals surface area contributed by atoms with Crippen LogP contribution < -0.4 is 5.32 Å². The Hall–Kier alpha value is -0.840. The van der Waals surface area contributed by atoms with E-state index in [0.29, 0.717) is 11.2 Å². The summed E-state index contributed by atoms with van der Waals surface area (Å²) in [6.45, 7) is 0.871. The molecule has 1 aliphatic rings.